The molecule has 0 bridgehead atoms. The number of pyridine rings is 1. The second-order valence-electron chi connectivity index (χ2n) is 4.68. The Morgan fingerprint density at radius 1 is 1.40 bits per heavy atom. The summed E-state index contributed by atoms with van der Waals surface area (Å²) in [5, 5.41) is 9.02. The average Bonchev–Trinajstić information content (AvgIpc) is 2.17. The lowest BCUT2D eigenvalue weighted by Gasteiger charge is -2.35. The van der Waals surface area contributed by atoms with Gasteiger partial charge in [-0.05, 0) is 32.4 Å². The van der Waals surface area contributed by atoms with Crippen molar-refractivity contribution in [3.63, 3.8) is 0 Å². The van der Waals surface area contributed by atoms with E-state index in [4.69, 9.17) is 5.11 Å². The van der Waals surface area contributed by atoms with E-state index in [1.165, 1.54) is 5.56 Å². The van der Waals surface area contributed by atoms with Gasteiger partial charge in [0.2, 0.25) is 0 Å². The van der Waals surface area contributed by atoms with E-state index in [9.17, 15) is 0 Å². The lowest BCUT2D eigenvalue weighted by molar-refractivity contribution is 0.0983. The Labute approximate surface area is 91.8 Å². The first-order valence-corrected chi connectivity index (χ1v) is 5.29. The van der Waals surface area contributed by atoms with Gasteiger partial charge in [0.15, 0.2) is 0 Å². The molecule has 0 amide bonds. The van der Waals surface area contributed by atoms with Gasteiger partial charge in [-0.2, -0.15) is 0 Å². The van der Waals surface area contributed by atoms with E-state index in [1.54, 1.807) is 6.20 Å². The lowest BCUT2D eigenvalue weighted by atomic mass is 10.1. The van der Waals surface area contributed by atoms with Gasteiger partial charge in [0.05, 0.1) is 6.61 Å². The zero-order valence-corrected chi connectivity index (χ0v) is 9.77. The molecule has 3 heteroatoms. The Bertz CT molecular complexity index is 279. The van der Waals surface area contributed by atoms with Crippen molar-refractivity contribution < 1.29 is 5.11 Å². The zero-order valence-electron chi connectivity index (χ0n) is 9.77. The number of aliphatic hydroxyl groups is 1. The topological polar surface area (TPSA) is 36.4 Å². The van der Waals surface area contributed by atoms with Gasteiger partial charge in [0.1, 0.15) is 0 Å². The molecule has 0 aliphatic carbocycles. The average molecular weight is 208 g/mol. The SMILES string of the molecule is CC(C)(C)N(CCO)Cc1cccnc1. The molecule has 0 spiro atoms. The first-order valence-electron chi connectivity index (χ1n) is 5.29. The fourth-order valence-electron chi connectivity index (χ4n) is 1.48. The summed E-state index contributed by atoms with van der Waals surface area (Å²) in [6, 6.07) is 4.00. The third-order valence-electron chi connectivity index (χ3n) is 2.41. The summed E-state index contributed by atoms with van der Waals surface area (Å²) >= 11 is 0. The van der Waals surface area contributed by atoms with Gasteiger partial charge < -0.3 is 5.11 Å². The van der Waals surface area contributed by atoms with E-state index >= 15 is 0 Å². The smallest absolute Gasteiger partial charge is 0.0558 e. The maximum Gasteiger partial charge on any atom is 0.0558 e. The largest absolute Gasteiger partial charge is 0.395 e. The summed E-state index contributed by atoms with van der Waals surface area (Å²) in [5.41, 5.74) is 1.25. The Kier molecular flexibility index (Phi) is 4.24. The molecule has 0 atom stereocenters. The molecule has 15 heavy (non-hydrogen) atoms. The number of rotatable bonds is 4. The summed E-state index contributed by atoms with van der Waals surface area (Å²) in [5.74, 6) is 0. The summed E-state index contributed by atoms with van der Waals surface area (Å²) < 4.78 is 0. The van der Waals surface area contributed by atoms with E-state index in [0.29, 0.717) is 6.54 Å². The van der Waals surface area contributed by atoms with Crippen molar-refractivity contribution in [2.75, 3.05) is 13.2 Å². The molecule has 1 N–H and O–H groups in total. The van der Waals surface area contributed by atoms with Crippen LogP contribution in [-0.4, -0.2) is 33.7 Å². The van der Waals surface area contributed by atoms with Gasteiger partial charge in [0, 0.05) is 31.0 Å². The Hall–Kier alpha value is -0.930. The van der Waals surface area contributed by atoms with Crippen LogP contribution in [0.2, 0.25) is 0 Å². The molecule has 1 rings (SSSR count). The minimum Gasteiger partial charge on any atom is -0.395 e. The number of hydrogen-bond acceptors (Lipinski definition) is 3. The van der Waals surface area contributed by atoms with Gasteiger partial charge in [0.25, 0.3) is 0 Å². The van der Waals surface area contributed by atoms with Crippen molar-refractivity contribution in [1.82, 2.24) is 9.88 Å². The van der Waals surface area contributed by atoms with E-state index in [2.05, 4.69) is 36.7 Å². The molecule has 84 valence electrons. The second kappa shape index (κ2) is 5.24. The van der Waals surface area contributed by atoms with Crippen LogP contribution >= 0.6 is 0 Å². The third-order valence-corrected chi connectivity index (χ3v) is 2.41. The first kappa shape index (κ1) is 12.1. The van der Waals surface area contributed by atoms with Gasteiger partial charge in [-0.1, -0.05) is 6.07 Å². The molecular formula is C12H20N2O. The fourth-order valence-corrected chi connectivity index (χ4v) is 1.48. The minimum atomic E-state index is 0.0680. The number of aliphatic hydroxyl groups excluding tert-OH is 1. The molecule has 0 aliphatic heterocycles. The van der Waals surface area contributed by atoms with Gasteiger partial charge >= 0.3 is 0 Å². The highest BCUT2D eigenvalue weighted by Gasteiger charge is 2.20. The van der Waals surface area contributed by atoms with Crippen molar-refractivity contribution >= 4 is 0 Å². The fraction of sp³-hybridized carbons (Fsp3) is 0.583. The van der Waals surface area contributed by atoms with Crippen molar-refractivity contribution in [2.45, 2.75) is 32.9 Å². The van der Waals surface area contributed by atoms with Gasteiger partial charge in [-0.25, -0.2) is 0 Å². The molecule has 0 unspecified atom stereocenters. The van der Waals surface area contributed by atoms with Gasteiger partial charge in [-0.3, -0.25) is 9.88 Å². The molecule has 0 saturated heterocycles. The maximum absolute atomic E-state index is 9.02. The van der Waals surface area contributed by atoms with Crippen molar-refractivity contribution in [2.24, 2.45) is 0 Å². The molecule has 0 aromatic carbocycles. The highest BCUT2D eigenvalue weighted by atomic mass is 16.3. The van der Waals surface area contributed by atoms with Crippen LogP contribution in [0.5, 0.6) is 0 Å². The molecule has 0 saturated carbocycles. The number of β-amino-alcohol motifs (C(OH)–C–C–N with tert-alkyl or cyclic N) is 1. The molecular weight excluding hydrogens is 188 g/mol. The number of nitrogens with zero attached hydrogens (tertiary/aromatic N) is 2. The summed E-state index contributed by atoms with van der Waals surface area (Å²) in [6.45, 7) is 8.17. The van der Waals surface area contributed by atoms with Crippen LogP contribution in [-0.2, 0) is 6.54 Å². The lowest BCUT2D eigenvalue weighted by Crippen LogP contribution is -2.42. The van der Waals surface area contributed by atoms with E-state index in [1.807, 2.05) is 12.3 Å². The quantitative estimate of drug-likeness (QED) is 0.817. The highest BCUT2D eigenvalue weighted by molar-refractivity contribution is 5.08. The molecule has 1 aromatic heterocycles. The van der Waals surface area contributed by atoms with Crippen LogP contribution in [0.15, 0.2) is 24.5 Å². The van der Waals surface area contributed by atoms with Crippen LogP contribution in [0.3, 0.4) is 0 Å². The molecule has 3 nitrogen and oxygen atoms in total. The number of aromatic nitrogens is 1. The maximum atomic E-state index is 9.02. The first-order chi connectivity index (χ1) is 7.04. The van der Waals surface area contributed by atoms with Gasteiger partial charge in [-0.15, -0.1) is 0 Å². The minimum absolute atomic E-state index is 0.0680. The normalized spacial score (nSPS) is 12.1. The monoisotopic (exact) mass is 208 g/mol. The zero-order chi connectivity index (χ0) is 11.3. The van der Waals surface area contributed by atoms with Crippen LogP contribution in [0, 0.1) is 0 Å². The predicted octanol–water partition coefficient (Wildman–Crippen LogP) is 1.67. The standard InChI is InChI=1S/C12H20N2O/c1-12(2,3)14(7-8-15)10-11-5-4-6-13-9-11/h4-6,9,15H,7-8,10H2,1-3H3. The summed E-state index contributed by atoms with van der Waals surface area (Å²) in [4.78, 5) is 6.33. The Balaban J connectivity index is 2.67. The van der Waals surface area contributed by atoms with Crippen LogP contribution in [0.4, 0.5) is 0 Å². The molecule has 0 fully saturated rings. The molecule has 0 aliphatic rings. The molecule has 1 aromatic rings. The second-order valence-corrected chi connectivity index (χ2v) is 4.68. The molecule has 0 radical (unpaired) electrons. The predicted molar refractivity (Wildman–Crippen MR) is 61.5 cm³/mol. The number of hydrogen-bond donors (Lipinski definition) is 1. The van der Waals surface area contributed by atoms with E-state index in [-0.39, 0.29) is 12.1 Å². The third kappa shape index (κ3) is 3.98. The van der Waals surface area contributed by atoms with Crippen LogP contribution in [0.1, 0.15) is 26.3 Å². The van der Waals surface area contributed by atoms with Crippen LogP contribution < -0.4 is 0 Å². The Morgan fingerprint density at radius 3 is 2.60 bits per heavy atom. The van der Waals surface area contributed by atoms with Crippen molar-refractivity contribution in [3.05, 3.63) is 30.1 Å². The summed E-state index contributed by atoms with van der Waals surface area (Å²) in [7, 11) is 0. The van der Waals surface area contributed by atoms with Crippen LogP contribution in [0.25, 0.3) is 0 Å². The molecule has 1 heterocycles. The highest BCUT2D eigenvalue weighted by Crippen LogP contribution is 2.15. The summed E-state index contributed by atoms with van der Waals surface area (Å²) in [6.07, 6.45) is 3.65. The van der Waals surface area contributed by atoms with E-state index in [0.717, 1.165) is 6.54 Å². The Morgan fingerprint density at radius 2 is 2.13 bits per heavy atom. The van der Waals surface area contributed by atoms with Crippen molar-refractivity contribution in [1.29, 1.82) is 0 Å². The van der Waals surface area contributed by atoms with E-state index < -0.39 is 0 Å². The van der Waals surface area contributed by atoms with Crippen molar-refractivity contribution in [3.8, 4) is 0 Å².